The Morgan fingerprint density at radius 1 is 1.10 bits per heavy atom. The molecule has 1 fully saturated rings. The van der Waals surface area contributed by atoms with Crippen molar-refractivity contribution in [1.82, 2.24) is 0 Å². The minimum atomic E-state index is 0. The van der Waals surface area contributed by atoms with Crippen LogP contribution in [0.25, 0.3) is 0 Å². The highest BCUT2D eigenvalue weighted by molar-refractivity contribution is 5.85. The molecule has 1 aliphatic carbocycles. The summed E-state index contributed by atoms with van der Waals surface area (Å²) in [4.78, 5) is 0. The van der Waals surface area contributed by atoms with Crippen LogP contribution in [0.5, 0.6) is 0 Å². The average molecular weight is 286 g/mol. The van der Waals surface area contributed by atoms with E-state index in [0.717, 1.165) is 17.8 Å². The van der Waals surface area contributed by atoms with Gasteiger partial charge in [-0.15, -0.1) is 12.4 Å². The molecule has 3 nitrogen and oxygen atoms in total. The van der Waals surface area contributed by atoms with E-state index < -0.39 is 0 Å². The molecule has 1 saturated carbocycles. The lowest BCUT2D eigenvalue weighted by Crippen LogP contribution is -2.00. The maximum atomic E-state index is 8.87. The van der Waals surface area contributed by atoms with E-state index in [9.17, 15) is 0 Å². The number of rotatable bonds is 3. The van der Waals surface area contributed by atoms with E-state index >= 15 is 0 Å². The third-order valence-corrected chi connectivity index (χ3v) is 3.46. The van der Waals surface area contributed by atoms with Crippen molar-refractivity contribution < 1.29 is 0 Å². The monoisotopic (exact) mass is 285 g/mol. The average Bonchev–Trinajstić information content (AvgIpc) is 3.17. The number of nitrogens with zero attached hydrogens (tertiary/aromatic N) is 1. The standard InChI is InChI=1S/C16H15N3.ClH/c17-10-11-2-1-3-14(8-11)19-13-6-4-12(5-7-13)15-9-16(15)18;/h1-8,15-16,19H,9,18H2;1H. The first-order chi connectivity index (χ1) is 9.26. The fourth-order valence-electron chi connectivity index (χ4n) is 2.24. The minimum absolute atomic E-state index is 0. The van der Waals surface area contributed by atoms with Gasteiger partial charge in [0.25, 0.3) is 0 Å². The Morgan fingerprint density at radius 3 is 2.40 bits per heavy atom. The second-order valence-corrected chi connectivity index (χ2v) is 4.95. The number of hydrogen-bond donors (Lipinski definition) is 2. The van der Waals surface area contributed by atoms with Crippen LogP contribution in [0.4, 0.5) is 11.4 Å². The van der Waals surface area contributed by atoms with Crippen LogP contribution in [0.3, 0.4) is 0 Å². The molecular formula is C16H16ClN3. The Morgan fingerprint density at radius 2 is 1.80 bits per heavy atom. The van der Waals surface area contributed by atoms with E-state index in [0.29, 0.717) is 17.5 Å². The van der Waals surface area contributed by atoms with Crippen molar-refractivity contribution >= 4 is 23.8 Å². The van der Waals surface area contributed by atoms with E-state index in [1.807, 2.05) is 18.2 Å². The van der Waals surface area contributed by atoms with Gasteiger partial charge in [0.15, 0.2) is 0 Å². The molecule has 0 amide bonds. The Bertz CT molecular complexity index is 631. The molecule has 20 heavy (non-hydrogen) atoms. The predicted octanol–water partition coefficient (Wildman–Crippen LogP) is 3.54. The van der Waals surface area contributed by atoms with Gasteiger partial charge in [-0.2, -0.15) is 5.26 Å². The van der Waals surface area contributed by atoms with Crippen LogP contribution < -0.4 is 11.1 Å². The number of nitrogens with one attached hydrogen (secondary N) is 1. The Hall–Kier alpha value is -2.02. The normalized spacial score (nSPS) is 19.6. The molecule has 0 radical (unpaired) electrons. The zero-order chi connectivity index (χ0) is 13.2. The van der Waals surface area contributed by atoms with Gasteiger partial charge in [-0.1, -0.05) is 18.2 Å². The van der Waals surface area contributed by atoms with E-state index in [1.54, 1.807) is 6.07 Å². The molecule has 1 aliphatic rings. The summed E-state index contributed by atoms with van der Waals surface area (Å²) in [6.45, 7) is 0. The van der Waals surface area contributed by atoms with Crippen molar-refractivity contribution in [2.24, 2.45) is 5.73 Å². The second kappa shape index (κ2) is 5.96. The maximum Gasteiger partial charge on any atom is 0.0992 e. The van der Waals surface area contributed by atoms with Crippen LogP contribution in [0.1, 0.15) is 23.5 Å². The molecule has 102 valence electrons. The predicted molar refractivity (Wildman–Crippen MR) is 83.5 cm³/mol. The van der Waals surface area contributed by atoms with Crippen LogP contribution in [0.15, 0.2) is 48.5 Å². The second-order valence-electron chi connectivity index (χ2n) is 4.95. The quantitative estimate of drug-likeness (QED) is 0.907. The summed E-state index contributed by atoms with van der Waals surface area (Å²) in [6.07, 6.45) is 1.09. The molecule has 0 heterocycles. The number of nitrogens with two attached hydrogens (primary N) is 1. The van der Waals surface area contributed by atoms with E-state index in [-0.39, 0.29) is 12.4 Å². The molecule has 2 atom stereocenters. The van der Waals surface area contributed by atoms with Crippen molar-refractivity contribution in [3.8, 4) is 6.07 Å². The van der Waals surface area contributed by atoms with Crippen molar-refractivity contribution in [2.75, 3.05) is 5.32 Å². The first kappa shape index (κ1) is 14.4. The third kappa shape index (κ3) is 3.11. The molecule has 0 saturated heterocycles. The largest absolute Gasteiger partial charge is 0.355 e. The highest BCUT2D eigenvalue weighted by Crippen LogP contribution is 2.39. The van der Waals surface area contributed by atoms with E-state index in [2.05, 4.69) is 35.7 Å². The van der Waals surface area contributed by atoms with E-state index in [4.69, 9.17) is 11.0 Å². The molecule has 4 heteroatoms. The highest BCUT2D eigenvalue weighted by atomic mass is 35.5. The van der Waals surface area contributed by atoms with Gasteiger partial charge in [-0.3, -0.25) is 0 Å². The number of benzene rings is 2. The van der Waals surface area contributed by atoms with Crippen molar-refractivity contribution in [1.29, 1.82) is 5.26 Å². The lowest BCUT2D eigenvalue weighted by Gasteiger charge is -2.07. The number of hydrogen-bond acceptors (Lipinski definition) is 3. The fraction of sp³-hybridized carbons (Fsp3) is 0.188. The van der Waals surface area contributed by atoms with Crippen molar-refractivity contribution in [3.05, 3.63) is 59.7 Å². The Labute approximate surface area is 124 Å². The molecule has 3 N–H and O–H groups in total. The van der Waals surface area contributed by atoms with Gasteiger partial charge < -0.3 is 11.1 Å². The highest BCUT2D eigenvalue weighted by Gasteiger charge is 2.34. The van der Waals surface area contributed by atoms with Gasteiger partial charge in [-0.05, 0) is 42.3 Å². The van der Waals surface area contributed by atoms with Crippen molar-refractivity contribution in [2.45, 2.75) is 18.4 Å². The summed E-state index contributed by atoms with van der Waals surface area (Å²) in [6, 6.07) is 18.3. The third-order valence-electron chi connectivity index (χ3n) is 3.46. The molecular weight excluding hydrogens is 270 g/mol. The molecule has 2 aromatic carbocycles. The van der Waals surface area contributed by atoms with Gasteiger partial charge in [-0.25, -0.2) is 0 Å². The Balaban J connectivity index is 0.00000147. The van der Waals surface area contributed by atoms with Crippen LogP contribution in [0.2, 0.25) is 0 Å². The lowest BCUT2D eigenvalue weighted by molar-refractivity contribution is 0.991. The van der Waals surface area contributed by atoms with Crippen LogP contribution in [-0.4, -0.2) is 6.04 Å². The fourth-order valence-corrected chi connectivity index (χ4v) is 2.24. The maximum absolute atomic E-state index is 8.87. The summed E-state index contributed by atoms with van der Waals surface area (Å²) in [5.74, 6) is 0.538. The van der Waals surface area contributed by atoms with Gasteiger partial charge in [0, 0.05) is 23.3 Å². The smallest absolute Gasteiger partial charge is 0.0992 e. The number of halogens is 1. The van der Waals surface area contributed by atoms with E-state index in [1.165, 1.54) is 5.56 Å². The number of nitriles is 1. The van der Waals surface area contributed by atoms with Gasteiger partial charge in [0.2, 0.25) is 0 Å². The van der Waals surface area contributed by atoms with Crippen LogP contribution in [0, 0.1) is 11.3 Å². The zero-order valence-corrected chi connectivity index (χ0v) is 11.7. The van der Waals surface area contributed by atoms with Gasteiger partial charge in [0.05, 0.1) is 11.6 Å². The first-order valence-electron chi connectivity index (χ1n) is 6.39. The van der Waals surface area contributed by atoms with Crippen molar-refractivity contribution in [3.63, 3.8) is 0 Å². The lowest BCUT2D eigenvalue weighted by atomic mass is 10.1. The topological polar surface area (TPSA) is 61.8 Å². The molecule has 0 bridgehead atoms. The molecule has 2 aromatic rings. The summed E-state index contributed by atoms with van der Waals surface area (Å²) < 4.78 is 0. The summed E-state index contributed by atoms with van der Waals surface area (Å²) >= 11 is 0. The molecule has 0 aromatic heterocycles. The summed E-state index contributed by atoms with van der Waals surface area (Å²) in [7, 11) is 0. The zero-order valence-electron chi connectivity index (χ0n) is 10.9. The number of anilines is 2. The van der Waals surface area contributed by atoms with Crippen LogP contribution >= 0.6 is 12.4 Å². The molecule has 2 unspecified atom stereocenters. The molecule has 3 rings (SSSR count). The van der Waals surface area contributed by atoms with Gasteiger partial charge in [0.1, 0.15) is 0 Å². The summed E-state index contributed by atoms with van der Waals surface area (Å²) in [5, 5.41) is 12.2. The molecule has 0 spiro atoms. The minimum Gasteiger partial charge on any atom is -0.355 e. The summed E-state index contributed by atoms with van der Waals surface area (Å²) in [5.41, 5.74) is 9.76. The van der Waals surface area contributed by atoms with Gasteiger partial charge >= 0.3 is 0 Å². The van der Waals surface area contributed by atoms with Crippen LogP contribution in [-0.2, 0) is 0 Å². The first-order valence-corrected chi connectivity index (χ1v) is 6.39. The SMILES string of the molecule is Cl.N#Cc1cccc(Nc2ccc(C3CC3N)cc2)c1. The molecule has 0 aliphatic heterocycles. The Kier molecular flexibility index (Phi) is 4.29.